The molecule has 0 aromatic rings. The highest BCUT2D eigenvalue weighted by molar-refractivity contribution is 7.89. The topological polar surface area (TPSA) is 95.0 Å². The standard InChI is InChI=1S/C18H30N2O5S/c1-13-8-9-15(18(22)23)11-20(13)26(24,25)16-7-4-10-19(12-16)17(21)14-5-2-3-6-14/h13-16H,2-12H2,1H3,(H,22,23). The number of hydrogen-bond donors (Lipinski definition) is 1. The molecule has 3 fully saturated rings. The highest BCUT2D eigenvalue weighted by atomic mass is 32.2. The number of carbonyl (C=O) groups excluding carboxylic acids is 1. The molecule has 1 N–H and O–H groups in total. The summed E-state index contributed by atoms with van der Waals surface area (Å²) in [5.74, 6) is -1.40. The Morgan fingerprint density at radius 3 is 2.27 bits per heavy atom. The Labute approximate surface area is 155 Å². The van der Waals surface area contributed by atoms with E-state index in [2.05, 4.69) is 0 Å². The number of sulfonamides is 1. The molecule has 1 aliphatic carbocycles. The monoisotopic (exact) mass is 386 g/mol. The number of carboxylic acid groups (broad SMARTS) is 1. The van der Waals surface area contributed by atoms with Gasteiger partial charge < -0.3 is 10.0 Å². The maximum Gasteiger partial charge on any atom is 0.307 e. The van der Waals surface area contributed by atoms with E-state index in [4.69, 9.17) is 0 Å². The van der Waals surface area contributed by atoms with Crippen molar-refractivity contribution in [3.63, 3.8) is 0 Å². The van der Waals surface area contributed by atoms with Crippen molar-refractivity contribution in [3.8, 4) is 0 Å². The molecule has 3 rings (SSSR count). The van der Waals surface area contributed by atoms with Crippen LogP contribution in [0.2, 0.25) is 0 Å². The number of nitrogens with zero attached hydrogens (tertiary/aromatic N) is 2. The van der Waals surface area contributed by atoms with Crippen LogP contribution in [0.4, 0.5) is 0 Å². The maximum absolute atomic E-state index is 13.2. The Morgan fingerprint density at radius 1 is 0.923 bits per heavy atom. The van der Waals surface area contributed by atoms with Crippen LogP contribution in [0.5, 0.6) is 0 Å². The number of hydrogen-bond acceptors (Lipinski definition) is 4. The van der Waals surface area contributed by atoms with Crippen LogP contribution in [0.15, 0.2) is 0 Å². The van der Waals surface area contributed by atoms with Crippen LogP contribution < -0.4 is 0 Å². The van der Waals surface area contributed by atoms with Crippen molar-refractivity contribution in [1.82, 2.24) is 9.21 Å². The minimum atomic E-state index is -3.61. The molecule has 1 amide bonds. The van der Waals surface area contributed by atoms with Gasteiger partial charge in [-0.05, 0) is 45.4 Å². The summed E-state index contributed by atoms with van der Waals surface area (Å²) in [4.78, 5) is 25.8. The largest absolute Gasteiger partial charge is 0.481 e. The van der Waals surface area contributed by atoms with Crippen molar-refractivity contribution in [2.75, 3.05) is 19.6 Å². The van der Waals surface area contributed by atoms with Crippen molar-refractivity contribution in [1.29, 1.82) is 0 Å². The highest BCUT2D eigenvalue weighted by Gasteiger charge is 2.43. The Kier molecular flexibility index (Phi) is 5.91. The Hall–Kier alpha value is -1.15. The first kappa shape index (κ1) is 19.6. The fourth-order valence-electron chi connectivity index (χ4n) is 4.64. The third-order valence-corrected chi connectivity index (χ3v) is 8.71. The second kappa shape index (κ2) is 7.84. The first-order valence-electron chi connectivity index (χ1n) is 9.83. The number of piperidine rings is 2. The second-order valence-corrected chi connectivity index (χ2v) is 10.3. The summed E-state index contributed by atoms with van der Waals surface area (Å²) in [5, 5.41) is 8.67. The van der Waals surface area contributed by atoms with Crippen molar-refractivity contribution < 1.29 is 23.1 Å². The minimum absolute atomic E-state index is 0.0475. The molecule has 7 nitrogen and oxygen atoms in total. The lowest BCUT2D eigenvalue weighted by atomic mass is 9.96. The summed E-state index contributed by atoms with van der Waals surface area (Å²) >= 11 is 0. The zero-order valence-electron chi connectivity index (χ0n) is 15.5. The van der Waals surface area contributed by atoms with Crippen LogP contribution in [0.25, 0.3) is 0 Å². The zero-order chi connectivity index (χ0) is 18.9. The van der Waals surface area contributed by atoms with Crippen molar-refractivity contribution >= 4 is 21.9 Å². The fraction of sp³-hybridized carbons (Fsp3) is 0.889. The van der Waals surface area contributed by atoms with Crippen molar-refractivity contribution in [2.24, 2.45) is 11.8 Å². The number of aliphatic carboxylic acids is 1. The SMILES string of the molecule is CC1CCC(C(=O)O)CN1S(=O)(=O)C1CCCN(C(=O)C2CCCC2)C1. The lowest BCUT2D eigenvalue weighted by molar-refractivity contribution is -0.143. The number of likely N-dealkylation sites (tertiary alicyclic amines) is 1. The van der Waals surface area contributed by atoms with E-state index in [9.17, 15) is 23.1 Å². The van der Waals surface area contributed by atoms with Crippen LogP contribution in [0.3, 0.4) is 0 Å². The smallest absolute Gasteiger partial charge is 0.307 e. The molecule has 2 heterocycles. The van der Waals surface area contributed by atoms with E-state index in [1.54, 1.807) is 4.90 Å². The van der Waals surface area contributed by atoms with E-state index in [1.165, 1.54) is 4.31 Å². The molecule has 2 aliphatic heterocycles. The molecule has 0 spiro atoms. The van der Waals surface area contributed by atoms with Gasteiger partial charge in [-0.25, -0.2) is 8.42 Å². The molecule has 2 saturated heterocycles. The molecule has 3 unspecified atom stereocenters. The van der Waals surface area contributed by atoms with E-state index >= 15 is 0 Å². The van der Waals surface area contributed by atoms with Gasteiger partial charge in [0.25, 0.3) is 0 Å². The quantitative estimate of drug-likeness (QED) is 0.793. The molecule has 0 aromatic heterocycles. The summed E-state index contributed by atoms with van der Waals surface area (Å²) in [6, 6.07) is -0.184. The van der Waals surface area contributed by atoms with Gasteiger partial charge in [-0.15, -0.1) is 0 Å². The summed E-state index contributed by atoms with van der Waals surface area (Å²) in [6.45, 7) is 2.78. The molecule has 26 heavy (non-hydrogen) atoms. The molecule has 3 atom stereocenters. The van der Waals surface area contributed by atoms with Crippen LogP contribution in [0.1, 0.15) is 58.3 Å². The first-order chi connectivity index (χ1) is 12.3. The molecule has 1 saturated carbocycles. The van der Waals surface area contributed by atoms with Crippen molar-refractivity contribution in [2.45, 2.75) is 69.6 Å². The van der Waals surface area contributed by atoms with E-state index in [0.29, 0.717) is 32.2 Å². The van der Waals surface area contributed by atoms with Crippen LogP contribution in [0, 0.1) is 11.8 Å². The van der Waals surface area contributed by atoms with E-state index in [-0.39, 0.29) is 31.0 Å². The highest BCUT2D eigenvalue weighted by Crippen LogP contribution is 2.31. The molecule has 0 bridgehead atoms. The third-order valence-electron chi connectivity index (χ3n) is 6.32. The third kappa shape index (κ3) is 3.91. The van der Waals surface area contributed by atoms with Gasteiger partial charge in [-0.1, -0.05) is 12.8 Å². The second-order valence-electron chi connectivity index (χ2n) is 8.11. The number of carbonyl (C=O) groups is 2. The van der Waals surface area contributed by atoms with Crippen LogP contribution in [-0.2, 0) is 19.6 Å². The van der Waals surface area contributed by atoms with Gasteiger partial charge >= 0.3 is 5.97 Å². The summed E-state index contributed by atoms with van der Waals surface area (Å²) < 4.78 is 27.8. The minimum Gasteiger partial charge on any atom is -0.481 e. The summed E-state index contributed by atoms with van der Waals surface area (Å²) in [7, 11) is -3.61. The molecule has 148 valence electrons. The zero-order valence-corrected chi connectivity index (χ0v) is 16.3. The van der Waals surface area contributed by atoms with Crippen LogP contribution in [-0.4, -0.2) is 65.5 Å². The molecule has 3 aliphatic rings. The number of amides is 1. The van der Waals surface area contributed by atoms with Gasteiger partial charge in [0.2, 0.25) is 15.9 Å². The van der Waals surface area contributed by atoms with Gasteiger partial charge in [0.1, 0.15) is 0 Å². The van der Waals surface area contributed by atoms with Gasteiger partial charge in [0, 0.05) is 31.6 Å². The lowest BCUT2D eigenvalue weighted by Crippen LogP contribution is -2.55. The molecule has 0 radical (unpaired) electrons. The van der Waals surface area contributed by atoms with E-state index < -0.39 is 27.2 Å². The average molecular weight is 387 g/mol. The normalized spacial score (nSPS) is 31.9. The van der Waals surface area contributed by atoms with E-state index in [1.807, 2.05) is 6.92 Å². The predicted octanol–water partition coefficient (Wildman–Crippen LogP) is 1.68. The lowest BCUT2D eigenvalue weighted by Gasteiger charge is -2.40. The predicted molar refractivity (Wildman–Crippen MR) is 97.0 cm³/mol. The molecule has 8 heteroatoms. The summed E-state index contributed by atoms with van der Waals surface area (Å²) in [5.41, 5.74) is 0. The first-order valence-corrected chi connectivity index (χ1v) is 11.3. The maximum atomic E-state index is 13.2. The van der Waals surface area contributed by atoms with Gasteiger partial charge in [-0.2, -0.15) is 4.31 Å². The number of rotatable bonds is 4. The van der Waals surface area contributed by atoms with Crippen molar-refractivity contribution in [3.05, 3.63) is 0 Å². The van der Waals surface area contributed by atoms with Gasteiger partial charge in [-0.3, -0.25) is 9.59 Å². The molecular weight excluding hydrogens is 356 g/mol. The number of carboxylic acids is 1. The van der Waals surface area contributed by atoms with Gasteiger partial charge in [0.05, 0.1) is 11.2 Å². The Morgan fingerprint density at radius 2 is 1.62 bits per heavy atom. The van der Waals surface area contributed by atoms with E-state index in [0.717, 1.165) is 25.7 Å². The summed E-state index contributed by atoms with van der Waals surface area (Å²) in [6.07, 6.45) is 6.28. The average Bonchev–Trinajstić information content (AvgIpc) is 3.16. The molecule has 0 aromatic carbocycles. The molecular formula is C18H30N2O5S. The van der Waals surface area contributed by atoms with Gasteiger partial charge in [0.15, 0.2) is 0 Å². The fourth-order valence-corrected chi connectivity index (χ4v) is 6.85. The Balaban J connectivity index is 1.71. The Bertz CT molecular complexity index is 644. The van der Waals surface area contributed by atoms with Crippen LogP contribution >= 0.6 is 0 Å².